The fourth-order valence-electron chi connectivity index (χ4n) is 2.42. The molecule has 3 heteroatoms. The van der Waals surface area contributed by atoms with Gasteiger partial charge in [0, 0.05) is 0 Å². The van der Waals surface area contributed by atoms with Crippen LogP contribution < -0.4 is 0 Å². The molecule has 0 aliphatic heterocycles. The number of ether oxygens (including phenoxy) is 2. The maximum atomic E-state index is 11.3. The topological polar surface area (TPSA) is 35.5 Å². The first-order chi connectivity index (χ1) is 9.70. The molecule has 108 valence electrons. The first kappa shape index (κ1) is 14.8. The highest BCUT2D eigenvalue weighted by Crippen LogP contribution is 2.25. The quantitative estimate of drug-likeness (QED) is 0.608. The molecule has 0 saturated heterocycles. The predicted octanol–water partition coefficient (Wildman–Crippen LogP) is 3.59. The third kappa shape index (κ3) is 3.94. The average molecular weight is 274 g/mol. The zero-order valence-corrected chi connectivity index (χ0v) is 12.2. The van der Waals surface area contributed by atoms with E-state index in [1.165, 1.54) is 7.11 Å². The van der Waals surface area contributed by atoms with Crippen LogP contribution in [-0.4, -0.2) is 19.7 Å². The molecule has 2 rings (SSSR count). The number of methoxy groups -OCH3 is 1. The molecule has 0 saturated carbocycles. The third-order valence-electron chi connectivity index (χ3n) is 3.89. The summed E-state index contributed by atoms with van der Waals surface area (Å²) in [6.45, 7) is 3.67. The minimum Gasteiger partial charge on any atom is -0.465 e. The van der Waals surface area contributed by atoms with Crippen LogP contribution >= 0.6 is 0 Å². The Kier molecular flexibility index (Phi) is 5.36. The van der Waals surface area contributed by atoms with Gasteiger partial charge in [0.1, 0.15) is 0 Å². The number of benzene rings is 1. The van der Waals surface area contributed by atoms with Crippen LogP contribution in [0.25, 0.3) is 0 Å². The zero-order valence-electron chi connectivity index (χ0n) is 12.2. The van der Waals surface area contributed by atoms with Gasteiger partial charge in [0.25, 0.3) is 0 Å². The summed E-state index contributed by atoms with van der Waals surface area (Å²) >= 11 is 0. The van der Waals surface area contributed by atoms with Gasteiger partial charge >= 0.3 is 5.97 Å². The van der Waals surface area contributed by atoms with Crippen LogP contribution in [0.2, 0.25) is 0 Å². The van der Waals surface area contributed by atoms with E-state index in [1.54, 1.807) is 12.1 Å². The molecule has 0 N–H and O–H groups in total. The second-order valence-corrected chi connectivity index (χ2v) is 5.38. The third-order valence-corrected chi connectivity index (χ3v) is 3.89. The highest BCUT2D eigenvalue weighted by atomic mass is 16.5. The molecule has 1 aliphatic carbocycles. The molecular formula is C17H22O3. The Morgan fingerprint density at radius 3 is 2.55 bits per heavy atom. The molecule has 0 heterocycles. The van der Waals surface area contributed by atoms with Crippen molar-refractivity contribution in [3.8, 4) is 0 Å². The Morgan fingerprint density at radius 1 is 1.20 bits per heavy atom. The van der Waals surface area contributed by atoms with Gasteiger partial charge in [-0.25, -0.2) is 4.79 Å². The van der Waals surface area contributed by atoms with Crippen molar-refractivity contribution in [1.29, 1.82) is 0 Å². The second-order valence-electron chi connectivity index (χ2n) is 5.38. The lowest BCUT2D eigenvalue weighted by Crippen LogP contribution is -2.19. The summed E-state index contributed by atoms with van der Waals surface area (Å²) in [4.78, 5) is 11.3. The van der Waals surface area contributed by atoms with Crippen molar-refractivity contribution in [2.24, 2.45) is 11.8 Å². The molecule has 0 radical (unpaired) electrons. The van der Waals surface area contributed by atoms with Crippen molar-refractivity contribution in [3.05, 3.63) is 47.5 Å². The van der Waals surface area contributed by atoms with Crippen molar-refractivity contribution in [2.45, 2.75) is 26.4 Å². The smallest absolute Gasteiger partial charge is 0.337 e. The van der Waals surface area contributed by atoms with Crippen LogP contribution in [0.15, 0.2) is 36.4 Å². The summed E-state index contributed by atoms with van der Waals surface area (Å²) in [6, 6.07) is 7.37. The summed E-state index contributed by atoms with van der Waals surface area (Å²) in [5, 5.41) is 0. The number of rotatable bonds is 5. The lowest BCUT2D eigenvalue weighted by Gasteiger charge is -2.24. The van der Waals surface area contributed by atoms with Gasteiger partial charge in [-0.2, -0.15) is 0 Å². The summed E-state index contributed by atoms with van der Waals surface area (Å²) in [6.07, 6.45) is 6.77. The Bertz CT molecular complexity index is 462. The van der Waals surface area contributed by atoms with Crippen LogP contribution in [0, 0.1) is 11.8 Å². The van der Waals surface area contributed by atoms with Gasteiger partial charge in [-0.1, -0.05) is 31.2 Å². The Balaban J connectivity index is 1.79. The molecular weight excluding hydrogens is 252 g/mol. The number of esters is 1. The molecule has 0 fully saturated rings. The maximum absolute atomic E-state index is 11.3. The summed E-state index contributed by atoms with van der Waals surface area (Å²) in [5.74, 6) is 1.01. The SMILES string of the molecule is COC(=O)c1ccc(COCC2CC=CCC2C)cc1. The van der Waals surface area contributed by atoms with E-state index in [-0.39, 0.29) is 5.97 Å². The molecule has 1 aromatic carbocycles. The first-order valence-electron chi connectivity index (χ1n) is 7.10. The van der Waals surface area contributed by atoms with E-state index in [4.69, 9.17) is 4.74 Å². The molecule has 0 spiro atoms. The van der Waals surface area contributed by atoms with Crippen LogP contribution in [0.4, 0.5) is 0 Å². The molecule has 2 atom stereocenters. The predicted molar refractivity (Wildman–Crippen MR) is 78.5 cm³/mol. The number of carbonyl (C=O) groups is 1. The van der Waals surface area contributed by atoms with Crippen molar-refractivity contribution in [3.63, 3.8) is 0 Å². The molecule has 1 aromatic rings. The van der Waals surface area contributed by atoms with Gasteiger partial charge < -0.3 is 9.47 Å². The lowest BCUT2D eigenvalue weighted by atomic mass is 9.85. The lowest BCUT2D eigenvalue weighted by molar-refractivity contribution is 0.0599. The van der Waals surface area contributed by atoms with Crippen LogP contribution in [0.3, 0.4) is 0 Å². The van der Waals surface area contributed by atoms with Crippen LogP contribution in [0.5, 0.6) is 0 Å². The van der Waals surface area contributed by atoms with Crippen LogP contribution in [-0.2, 0) is 16.1 Å². The van der Waals surface area contributed by atoms with E-state index in [0.717, 1.165) is 25.0 Å². The minimum atomic E-state index is -0.305. The largest absolute Gasteiger partial charge is 0.465 e. The first-order valence-corrected chi connectivity index (χ1v) is 7.10. The highest BCUT2D eigenvalue weighted by molar-refractivity contribution is 5.89. The molecule has 2 unspecified atom stereocenters. The summed E-state index contributed by atoms with van der Waals surface area (Å²) in [7, 11) is 1.39. The normalized spacial score (nSPS) is 21.7. The number of hydrogen-bond acceptors (Lipinski definition) is 3. The minimum absolute atomic E-state index is 0.305. The molecule has 0 aromatic heterocycles. The highest BCUT2D eigenvalue weighted by Gasteiger charge is 2.18. The summed E-state index contributed by atoms with van der Waals surface area (Å²) < 4.78 is 10.5. The Morgan fingerprint density at radius 2 is 1.90 bits per heavy atom. The van der Waals surface area contributed by atoms with E-state index >= 15 is 0 Å². The Labute approximate surface area is 120 Å². The van der Waals surface area contributed by atoms with E-state index in [2.05, 4.69) is 23.8 Å². The van der Waals surface area contributed by atoms with Crippen molar-refractivity contribution >= 4 is 5.97 Å². The second kappa shape index (κ2) is 7.25. The molecule has 0 bridgehead atoms. The molecule has 3 nitrogen and oxygen atoms in total. The Hall–Kier alpha value is -1.61. The van der Waals surface area contributed by atoms with Crippen molar-refractivity contribution in [1.82, 2.24) is 0 Å². The van der Waals surface area contributed by atoms with Gasteiger partial charge in [-0.05, 0) is 42.4 Å². The number of allylic oxidation sites excluding steroid dienone is 2. The van der Waals surface area contributed by atoms with Gasteiger partial charge in [0.15, 0.2) is 0 Å². The number of hydrogen-bond donors (Lipinski definition) is 0. The molecule has 0 amide bonds. The van der Waals surface area contributed by atoms with E-state index < -0.39 is 0 Å². The van der Waals surface area contributed by atoms with Crippen LogP contribution in [0.1, 0.15) is 35.7 Å². The van der Waals surface area contributed by atoms with Crippen molar-refractivity contribution < 1.29 is 14.3 Å². The fraction of sp³-hybridized carbons (Fsp3) is 0.471. The van der Waals surface area contributed by atoms with E-state index in [1.807, 2.05) is 12.1 Å². The monoisotopic (exact) mass is 274 g/mol. The average Bonchev–Trinajstić information content (AvgIpc) is 2.49. The number of carbonyl (C=O) groups excluding carboxylic acids is 1. The zero-order chi connectivity index (χ0) is 14.4. The van der Waals surface area contributed by atoms with E-state index in [0.29, 0.717) is 24.0 Å². The maximum Gasteiger partial charge on any atom is 0.337 e. The van der Waals surface area contributed by atoms with Gasteiger partial charge in [-0.3, -0.25) is 0 Å². The van der Waals surface area contributed by atoms with Gasteiger partial charge in [0.05, 0.1) is 25.9 Å². The molecule has 20 heavy (non-hydrogen) atoms. The van der Waals surface area contributed by atoms with Gasteiger partial charge in [-0.15, -0.1) is 0 Å². The van der Waals surface area contributed by atoms with Crippen molar-refractivity contribution in [2.75, 3.05) is 13.7 Å². The fourth-order valence-corrected chi connectivity index (χ4v) is 2.42. The molecule has 1 aliphatic rings. The summed E-state index contributed by atoms with van der Waals surface area (Å²) in [5.41, 5.74) is 1.65. The van der Waals surface area contributed by atoms with Gasteiger partial charge in [0.2, 0.25) is 0 Å². The van der Waals surface area contributed by atoms with E-state index in [9.17, 15) is 4.79 Å². The standard InChI is InChI=1S/C17H22O3/c1-13-5-3-4-6-16(13)12-20-11-14-7-9-15(10-8-14)17(18)19-2/h3-4,7-10,13,16H,5-6,11-12H2,1-2H3.